The monoisotopic (exact) mass is 271 g/mol. The molecule has 0 spiro atoms. The lowest BCUT2D eigenvalue weighted by Crippen LogP contribution is -2.49. The van der Waals surface area contributed by atoms with E-state index in [4.69, 9.17) is 5.73 Å². The summed E-state index contributed by atoms with van der Waals surface area (Å²) in [6.45, 7) is 3.87. The first-order valence-electron chi connectivity index (χ1n) is 7.25. The van der Waals surface area contributed by atoms with E-state index in [9.17, 15) is 5.11 Å². The van der Waals surface area contributed by atoms with E-state index in [0.29, 0.717) is 18.5 Å². The van der Waals surface area contributed by atoms with E-state index in [2.05, 4.69) is 16.8 Å². The topological polar surface area (TPSA) is 62.4 Å². The van der Waals surface area contributed by atoms with Crippen LogP contribution in [0.3, 0.4) is 0 Å². The molecular weight excluding hydrogens is 250 g/mol. The van der Waals surface area contributed by atoms with Gasteiger partial charge in [0.2, 0.25) is 0 Å². The van der Waals surface area contributed by atoms with Crippen LogP contribution >= 0.6 is 0 Å². The Hall–Kier alpha value is -1.81. The summed E-state index contributed by atoms with van der Waals surface area (Å²) in [6, 6.07) is 7.74. The Balaban J connectivity index is 2.10. The number of phenolic OH excluding ortho intramolecular Hbond substituents is 1. The van der Waals surface area contributed by atoms with Gasteiger partial charge in [0.1, 0.15) is 11.6 Å². The second kappa shape index (κ2) is 5.29. The second-order valence-electron chi connectivity index (χ2n) is 5.66. The van der Waals surface area contributed by atoms with E-state index in [1.165, 1.54) is 6.42 Å². The van der Waals surface area contributed by atoms with E-state index in [0.717, 1.165) is 29.6 Å². The van der Waals surface area contributed by atoms with Crippen LogP contribution in [0, 0.1) is 5.92 Å². The molecule has 4 nitrogen and oxygen atoms in total. The Morgan fingerprint density at radius 2 is 2.25 bits per heavy atom. The van der Waals surface area contributed by atoms with Crippen molar-refractivity contribution < 1.29 is 5.11 Å². The molecule has 0 saturated carbocycles. The van der Waals surface area contributed by atoms with Gasteiger partial charge in [-0.2, -0.15) is 0 Å². The maximum atomic E-state index is 9.76. The number of phenols is 1. The molecule has 1 saturated heterocycles. The molecule has 2 unspecified atom stereocenters. The number of benzene rings is 1. The molecule has 20 heavy (non-hydrogen) atoms. The average molecular weight is 271 g/mol. The number of hydrogen-bond donors (Lipinski definition) is 2. The lowest BCUT2D eigenvalue weighted by molar-refractivity contribution is 0.348. The predicted molar refractivity (Wildman–Crippen MR) is 82.0 cm³/mol. The van der Waals surface area contributed by atoms with Gasteiger partial charge in [0.25, 0.3) is 0 Å². The Kier molecular flexibility index (Phi) is 3.49. The fourth-order valence-corrected chi connectivity index (χ4v) is 3.24. The number of aromatic nitrogens is 1. The molecule has 106 valence electrons. The van der Waals surface area contributed by atoms with Crippen molar-refractivity contribution in [2.45, 2.75) is 25.8 Å². The molecule has 2 atom stereocenters. The smallest absolute Gasteiger partial charge is 0.136 e. The molecule has 4 heteroatoms. The number of aromatic hydroxyl groups is 1. The highest BCUT2D eigenvalue weighted by molar-refractivity contribution is 5.93. The summed E-state index contributed by atoms with van der Waals surface area (Å²) < 4.78 is 0. The standard InChI is InChI=1S/C16H21N3O/c1-11-3-2-8-19(15(11)10-17)16-14-9-13(20)5-4-12(14)6-7-18-16/h4-7,9,11,15,20H,2-3,8,10,17H2,1H3. The Morgan fingerprint density at radius 1 is 1.40 bits per heavy atom. The maximum absolute atomic E-state index is 9.76. The minimum atomic E-state index is 0.279. The molecular formula is C16H21N3O. The molecule has 1 fully saturated rings. The number of anilines is 1. The third-order valence-electron chi connectivity index (χ3n) is 4.36. The van der Waals surface area contributed by atoms with E-state index >= 15 is 0 Å². The molecule has 2 aromatic rings. The predicted octanol–water partition coefficient (Wildman–Crippen LogP) is 2.50. The first-order valence-corrected chi connectivity index (χ1v) is 7.25. The molecule has 0 aliphatic carbocycles. The number of fused-ring (bicyclic) bond motifs is 1. The van der Waals surface area contributed by atoms with Crippen LogP contribution < -0.4 is 10.6 Å². The van der Waals surface area contributed by atoms with Gasteiger partial charge in [-0.15, -0.1) is 0 Å². The van der Waals surface area contributed by atoms with Crippen molar-refractivity contribution in [3.8, 4) is 5.75 Å². The molecule has 1 aliphatic rings. The molecule has 1 aromatic carbocycles. The summed E-state index contributed by atoms with van der Waals surface area (Å²) in [6.07, 6.45) is 4.21. The number of hydrogen-bond acceptors (Lipinski definition) is 4. The Labute approximate surface area is 119 Å². The van der Waals surface area contributed by atoms with E-state index in [1.54, 1.807) is 12.1 Å². The van der Waals surface area contributed by atoms with Crippen LogP contribution in [0.25, 0.3) is 10.8 Å². The van der Waals surface area contributed by atoms with Crippen molar-refractivity contribution in [1.82, 2.24) is 4.98 Å². The van der Waals surface area contributed by atoms with Gasteiger partial charge < -0.3 is 15.7 Å². The zero-order chi connectivity index (χ0) is 14.1. The lowest BCUT2D eigenvalue weighted by Gasteiger charge is -2.40. The fourth-order valence-electron chi connectivity index (χ4n) is 3.24. The van der Waals surface area contributed by atoms with Crippen molar-refractivity contribution in [3.63, 3.8) is 0 Å². The highest BCUT2D eigenvalue weighted by Crippen LogP contribution is 2.33. The average Bonchev–Trinajstić information content (AvgIpc) is 2.46. The minimum absolute atomic E-state index is 0.279. The van der Waals surface area contributed by atoms with Crippen molar-refractivity contribution in [3.05, 3.63) is 30.5 Å². The van der Waals surface area contributed by atoms with Gasteiger partial charge in [-0.05, 0) is 42.3 Å². The molecule has 2 heterocycles. The van der Waals surface area contributed by atoms with Crippen LogP contribution in [0.1, 0.15) is 19.8 Å². The summed E-state index contributed by atoms with van der Waals surface area (Å²) in [4.78, 5) is 6.88. The SMILES string of the molecule is CC1CCCN(c2nccc3ccc(O)cc23)C1CN. The Bertz CT molecular complexity index is 614. The number of nitrogens with two attached hydrogens (primary N) is 1. The van der Waals surface area contributed by atoms with Gasteiger partial charge >= 0.3 is 0 Å². The van der Waals surface area contributed by atoms with Gasteiger partial charge in [0.15, 0.2) is 0 Å². The van der Waals surface area contributed by atoms with Gasteiger partial charge in [0.05, 0.1) is 0 Å². The molecule has 0 radical (unpaired) electrons. The van der Waals surface area contributed by atoms with Crippen LogP contribution in [-0.4, -0.2) is 29.2 Å². The Morgan fingerprint density at radius 3 is 3.05 bits per heavy atom. The first-order chi connectivity index (χ1) is 9.70. The van der Waals surface area contributed by atoms with Crippen molar-refractivity contribution in [1.29, 1.82) is 0 Å². The summed E-state index contributed by atoms with van der Waals surface area (Å²) in [5.74, 6) is 1.80. The third kappa shape index (κ3) is 2.20. The van der Waals surface area contributed by atoms with Crippen LogP contribution in [0.5, 0.6) is 5.75 Å². The molecule has 0 bridgehead atoms. The van der Waals surface area contributed by atoms with Crippen LogP contribution in [0.15, 0.2) is 30.5 Å². The fraction of sp³-hybridized carbons (Fsp3) is 0.438. The largest absolute Gasteiger partial charge is 0.508 e. The molecule has 3 rings (SSSR count). The third-order valence-corrected chi connectivity index (χ3v) is 4.36. The van der Waals surface area contributed by atoms with E-state index in [1.807, 2.05) is 18.3 Å². The highest BCUT2D eigenvalue weighted by Gasteiger charge is 2.29. The van der Waals surface area contributed by atoms with Gasteiger partial charge in [0, 0.05) is 30.7 Å². The van der Waals surface area contributed by atoms with E-state index in [-0.39, 0.29) is 5.75 Å². The van der Waals surface area contributed by atoms with Crippen molar-refractivity contribution >= 4 is 16.6 Å². The van der Waals surface area contributed by atoms with Crippen molar-refractivity contribution in [2.24, 2.45) is 11.7 Å². The van der Waals surface area contributed by atoms with Gasteiger partial charge in [-0.3, -0.25) is 0 Å². The summed E-state index contributed by atoms with van der Waals surface area (Å²) in [7, 11) is 0. The number of nitrogens with zero attached hydrogens (tertiary/aromatic N) is 2. The minimum Gasteiger partial charge on any atom is -0.508 e. The first kappa shape index (κ1) is 13.2. The molecule has 1 aliphatic heterocycles. The lowest BCUT2D eigenvalue weighted by atomic mass is 9.90. The number of rotatable bonds is 2. The quantitative estimate of drug-likeness (QED) is 0.881. The number of piperidine rings is 1. The zero-order valence-electron chi connectivity index (χ0n) is 11.8. The van der Waals surface area contributed by atoms with Crippen molar-refractivity contribution in [2.75, 3.05) is 18.0 Å². The number of pyridine rings is 1. The van der Waals surface area contributed by atoms with Crippen LogP contribution in [0.4, 0.5) is 5.82 Å². The highest BCUT2D eigenvalue weighted by atomic mass is 16.3. The normalized spacial score (nSPS) is 23.2. The second-order valence-corrected chi connectivity index (χ2v) is 5.66. The van der Waals surface area contributed by atoms with Gasteiger partial charge in [-0.1, -0.05) is 13.0 Å². The van der Waals surface area contributed by atoms with Crippen LogP contribution in [0.2, 0.25) is 0 Å². The summed E-state index contributed by atoms with van der Waals surface area (Å²) in [5.41, 5.74) is 5.98. The summed E-state index contributed by atoms with van der Waals surface area (Å²) in [5, 5.41) is 11.9. The molecule has 3 N–H and O–H groups in total. The zero-order valence-corrected chi connectivity index (χ0v) is 11.8. The summed E-state index contributed by atoms with van der Waals surface area (Å²) >= 11 is 0. The van der Waals surface area contributed by atoms with Crippen LogP contribution in [-0.2, 0) is 0 Å². The van der Waals surface area contributed by atoms with E-state index < -0.39 is 0 Å². The maximum Gasteiger partial charge on any atom is 0.136 e. The molecule has 1 aromatic heterocycles. The molecule has 0 amide bonds. The van der Waals surface area contributed by atoms with Gasteiger partial charge in [-0.25, -0.2) is 4.98 Å².